The molecule has 16 heavy (non-hydrogen) atoms. The molecule has 0 atom stereocenters. The van der Waals surface area contributed by atoms with Gasteiger partial charge < -0.3 is 5.73 Å². The Bertz CT molecular complexity index is 643. The van der Waals surface area contributed by atoms with Gasteiger partial charge >= 0.3 is 0 Å². The van der Waals surface area contributed by atoms with Gasteiger partial charge in [0.2, 0.25) is 5.95 Å². The number of aromatic nitrogens is 4. The van der Waals surface area contributed by atoms with Crippen molar-refractivity contribution < 1.29 is 0 Å². The fourth-order valence-corrected chi connectivity index (χ4v) is 1.64. The average molecular weight is 211 g/mol. The Kier molecular flexibility index (Phi) is 1.83. The number of para-hydroxylation sites is 1. The molecule has 0 aliphatic heterocycles. The van der Waals surface area contributed by atoms with E-state index in [1.807, 2.05) is 24.3 Å². The van der Waals surface area contributed by atoms with Crippen LogP contribution in [0.2, 0.25) is 0 Å². The molecule has 0 aliphatic carbocycles. The van der Waals surface area contributed by atoms with Crippen LogP contribution in [0.25, 0.3) is 16.7 Å². The molecule has 0 fully saturated rings. The summed E-state index contributed by atoms with van der Waals surface area (Å²) >= 11 is 0. The minimum Gasteiger partial charge on any atom is -0.368 e. The van der Waals surface area contributed by atoms with Crippen molar-refractivity contribution in [1.82, 2.24) is 19.7 Å². The van der Waals surface area contributed by atoms with Gasteiger partial charge in [-0.3, -0.25) is 0 Å². The van der Waals surface area contributed by atoms with E-state index in [0.717, 1.165) is 10.9 Å². The molecule has 0 saturated carbocycles. The predicted octanol–water partition coefficient (Wildman–Crippen LogP) is 1.40. The van der Waals surface area contributed by atoms with Gasteiger partial charge in [-0.2, -0.15) is 10.1 Å². The van der Waals surface area contributed by atoms with Gasteiger partial charge in [-0.25, -0.2) is 9.67 Å². The zero-order chi connectivity index (χ0) is 11.0. The lowest BCUT2D eigenvalue weighted by atomic mass is 10.2. The van der Waals surface area contributed by atoms with Crippen molar-refractivity contribution in [2.75, 3.05) is 5.73 Å². The molecule has 0 amide bonds. The van der Waals surface area contributed by atoms with Gasteiger partial charge in [0.15, 0.2) is 5.82 Å². The van der Waals surface area contributed by atoms with Crippen LogP contribution >= 0.6 is 0 Å². The van der Waals surface area contributed by atoms with Crippen LogP contribution in [0.3, 0.4) is 0 Å². The fourth-order valence-electron chi connectivity index (χ4n) is 1.64. The van der Waals surface area contributed by atoms with Crippen molar-refractivity contribution >= 4 is 16.9 Å². The smallest absolute Gasteiger partial charge is 0.221 e. The first-order valence-corrected chi connectivity index (χ1v) is 4.86. The Morgan fingerprint density at radius 1 is 1.12 bits per heavy atom. The number of nitrogens with zero attached hydrogens (tertiary/aromatic N) is 4. The van der Waals surface area contributed by atoms with Crippen molar-refractivity contribution in [3.8, 4) is 5.82 Å². The fraction of sp³-hybridized carbons (Fsp3) is 0. The summed E-state index contributed by atoms with van der Waals surface area (Å²) < 4.78 is 1.74. The van der Waals surface area contributed by atoms with Crippen LogP contribution in [0.15, 0.2) is 42.7 Å². The maximum atomic E-state index is 5.55. The third-order valence-electron chi connectivity index (χ3n) is 2.35. The molecule has 2 aromatic heterocycles. The minimum absolute atomic E-state index is 0.247. The van der Waals surface area contributed by atoms with Crippen LogP contribution in [-0.2, 0) is 0 Å². The molecule has 0 bridgehead atoms. The lowest BCUT2D eigenvalue weighted by Gasteiger charge is -2.02. The van der Waals surface area contributed by atoms with E-state index >= 15 is 0 Å². The van der Waals surface area contributed by atoms with Gasteiger partial charge in [0.1, 0.15) is 0 Å². The molecule has 0 aliphatic rings. The molecular weight excluding hydrogens is 202 g/mol. The highest BCUT2D eigenvalue weighted by molar-refractivity contribution is 5.79. The molecule has 0 saturated heterocycles. The van der Waals surface area contributed by atoms with Crippen LogP contribution in [-0.4, -0.2) is 19.7 Å². The summed E-state index contributed by atoms with van der Waals surface area (Å²) in [6.45, 7) is 0. The van der Waals surface area contributed by atoms with E-state index < -0.39 is 0 Å². The number of rotatable bonds is 1. The number of anilines is 1. The van der Waals surface area contributed by atoms with Gasteiger partial charge in [0.25, 0.3) is 0 Å². The maximum Gasteiger partial charge on any atom is 0.221 e. The largest absolute Gasteiger partial charge is 0.368 e. The molecule has 2 N–H and O–H groups in total. The standard InChI is InChI=1S/C11H9N5/c12-11-13-6-5-10(15-11)16-9-4-2-1-3-8(9)7-14-16/h1-7H,(H2,12,13,15). The summed E-state index contributed by atoms with van der Waals surface area (Å²) in [6, 6.07) is 9.70. The van der Waals surface area contributed by atoms with Crippen LogP contribution in [0.5, 0.6) is 0 Å². The van der Waals surface area contributed by atoms with Gasteiger partial charge in [0.05, 0.1) is 11.7 Å². The molecular formula is C11H9N5. The first-order chi connectivity index (χ1) is 7.84. The van der Waals surface area contributed by atoms with Crippen LogP contribution < -0.4 is 5.73 Å². The molecule has 5 nitrogen and oxygen atoms in total. The lowest BCUT2D eigenvalue weighted by Crippen LogP contribution is -2.02. The molecule has 78 valence electrons. The van der Waals surface area contributed by atoms with Crippen LogP contribution in [0.4, 0.5) is 5.95 Å². The van der Waals surface area contributed by atoms with Crippen molar-refractivity contribution in [3.63, 3.8) is 0 Å². The summed E-state index contributed by atoms with van der Waals surface area (Å²) in [6.07, 6.45) is 3.42. The minimum atomic E-state index is 0.247. The predicted molar refractivity (Wildman–Crippen MR) is 61.1 cm³/mol. The number of nitrogens with two attached hydrogens (primary N) is 1. The summed E-state index contributed by atoms with van der Waals surface area (Å²) in [5.41, 5.74) is 6.55. The van der Waals surface area contributed by atoms with E-state index in [0.29, 0.717) is 5.82 Å². The average Bonchev–Trinajstić information content (AvgIpc) is 2.72. The van der Waals surface area contributed by atoms with E-state index in [9.17, 15) is 0 Å². The highest BCUT2D eigenvalue weighted by Crippen LogP contribution is 2.16. The highest BCUT2D eigenvalue weighted by Gasteiger charge is 2.05. The maximum absolute atomic E-state index is 5.55. The van der Waals surface area contributed by atoms with Crippen LogP contribution in [0.1, 0.15) is 0 Å². The Balaban J connectivity index is 2.26. The van der Waals surface area contributed by atoms with Crippen molar-refractivity contribution in [1.29, 1.82) is 0 Å². The monoisotopic (exact) mass is 211 g/mol. The van der Waals surface area contributed by atoms with Gasteiger partial charge in [-0.05, 0) is 6.07 Å². The normalized spacial score (nSPS) is 10.8. The summed E-state index contributed by atoms with van der Waals surface area (Å²) in [4.78, 5) is 7.99. The molecule has 1 aromatic carbocycles. The quantitative estimate of drug-likeness (QED) is 0.660. The zero-order valence-corrected chi connectivity index (χ0v) is 8.41. The molecule has 0 radical (unpaired) electrons. The topological polar surface area (TPSA) is 69.6 Å². The second kappa shape index (κ2) is 3.30. The third kappa shape index (κ3) is 1.30. The number of fused-ring (bicyclic) bond motifs is 1. The van der Waals surface area contributed by atoms with Crippen molar-refractivity contribution in [2.24, 2.45) is 0 Å². The van der Waals surface area contributed by atoms with E-state index in [-0.39, 0.29) is 5.95 Å². The van der Waals surface area contributed by atoms with Crippen molar-refractivity contribution in [3.05, 3.63) is 42.7 Å². The van der Waals surface area contributed by atoms with Gasteiger partial charge in [-0.15, -0.1) is 0 Å². The number of hydrogen-bond donors (Lipinski definition) is 1. The van der Waals surface area contributed by atoms with Gasteiger partial charge in [-0.1, -0.05) is 18.2 Å². The van der Waals surface area contributed by atoms with E-state index in [1.54, 1.807) is 23.1 Å². The molecule has 0 spiro atoms. The first-order valence-electron chi connectivity index (χ1n) is 4.86. The molecule has 5 heteroatoms. The Hall–Kier alpha value is -2.43. The SMILES string of the molecule is Nc1nccc(-n2ncc3ccccc32)n1. The van der Waals surface area contributed by atoms with Crippen molar-refractivity contribution in [2.45, 2.75) is 0 Å². The number of nitrogen functional groups attached to an aromatic ring is 1. The molecule has 3 rings (SSSR count). The van der Waals surface area contributed by atoms with E-state index in [2.05, 4.69) is 15.1 Å². The highest BCUT2D eigenvalue weighted by atomic mass is 15.3. The molecule has 0 unspecified atom stereocenters. The molecule has 2 heterocycles. The summed E-state index contributed by atoms with van der Waals surface area (Å²) in [5, 5.41) is 5.35. The van der Waals surface area contributed by atoms with E-state index in [4.69, 9.17) is 5.73 Å². The molecule has 3 aromatic rings. The first kappa shape index (κ1) is 8.84. The zero-order valence-electron chi connectivity index (χ0n) is 8.41. The third-order valence-corrected chi connectivity index (χ3v) is 2.35. The Labute approximate surface area is 91.6 Å². The Morgan fingerprint density at radius 3 is 2.88 bits per heavy atom. The number of hydrogen-bond acceptors (Lipinski definition) is 4. The summed E-state index contributed by atoms with van der Waals surface area (Å²) in [5.74, 6) is 0.922. The van der Waals surface area contributed by atoms with E-state index in [1.165, 1.54) is 0 Å². The van der Waals surface area contributed by atoms with Crippen LogP contribution in [0, 0.1) is 0 Å². The van der Waals surface area contributed by atoms with Gasteiger partial charge in [0, 0.05) is 17.6 Å². The number of benzene rings is 1. The summed E-state index contributed by atoms with van der Waals surface area (Å²) in [7, 11) is 0. The second-order valence-electron chi connectivity index (χ2n) is 3.39. The Morgan fingerprint density at radius 2 is 2.00 bits per heavy atom. The second-order valence-corrected chi connectivity index (χ2v) is 3.39. The lowest BCUT2D eigenvalue weighted by molar-refractivity contribution is 0.869.